The molecule has 1 aliphatic heterocycles. The molecule has 0 aromatic carbocycles. The number of rotatable bonds is 1. The normalized spacial score (nSPS) is 22.9. The van der Waals surface area contributed by atoms with Crippen LogP contribution in [0, 0.1) is 6.42 Å². The summed E-state index contributed by atoms with van der Waals surface area (Å²) in [7, 11) is -2.93. The summed E-state index contributed by atoms with van der Waals surface area (Å²) in [4.78, 5) is 0. The zero-order valence-electron chi connectivity index (χ0n) is 6.00. The second-order valence-corrected chi connectivity index (χ2v) is 4.39. The van der Waals surface area contributed by atoms with Gasteiger partial charge in [0.25, 0.3) is 0 Å². The Morgan fingerprint density at radius 2 is 1.80 bits per heavy atom. The predicted molar refractivity (Wildman–Crippen MR) is 38.9 cm³/mol. The maximum atomic E-state index is 10.9. The van der Waals surface area contributed by atoms with Gasteiger partial charge in [-0.05, 0) is 19.3 Å². The third kappa shape index (κ3) is 1.95. The van der Waals surface area contributed by atoms with Gasteiger partial charge in [-0.1, -0.05) is 0 Å². The van der Waals surface area contributed by atoms with E-state index >= 15 is 0 Å². The molecule has 0 amide bonds. The molecule has 0 aliphatic carbocycles. The Kier molecular flexibility index (Phi) is 2.31. The second kappa shape index (κ2) is 2.88. The minimum Gasteiger partial charge on any atom is -0.213 e. The van der Waals surface area contributed by atoms with E-state index in [4.69, 9.17) is 0 Å². The Hall–Kier alpha value is -0.0900. The summed E-state index contributed by atoms with van der Waals surface area (Å²) in [5.74, 6) is 0. The summed E-state index contributed by atoms with van der Waals surface area (Å²) in [5.41, 5.74) is 0. The van der Waals surface area contributed by atoms with Crippen LogP contribution in [0.4, 0.5) is 0 Å². The summed E-state index contributed by atoms with van der Waals surface area (Å²) in [6.45, 7) is 1.22. The van der Waals surface area contributed by atoms with Crippen LogP contribution in [-0.2, 0) is 10.0 Å². The fourth-order valence-corrected chi connectivity index (χ4v) is 1.82. The Labute approximate surface area is 62.1 Å². The van der Waals surface area contributed by atoms with E-state index in [1.165, 1.54) is 10.6 Å². The van der Waals surface area contributed by atoms with Crippen molar-refractivity contribution in [2.45, 2.75) is 12.8 Å². The van der Waals surface area contributed by atoms with E-state index in [1.54, 1.807) is 0 Å². The highest BCUT2D eigenvalue weighted by molar-refractivity contribution is 7.88. The Morgan fingerprint density at radius 1 is 1.30 bits per heavy atom. The lowest BCUT2D eigenvalue weighted by Gasteiger charge is -2.23. The Morgan fingerprint density at radius 3 is 2.10 bits per heavy atom. The van der Waals surface area contributed by atoms with Crippen LogP contribution in [-0.4, -0.2) is 32.1 Å². The number of nitrogens with zero attached hydrogens (tertiary/aromatic N) is 1. The molecule has 1 saturated heterocycles. The molecule has 2 radical (unpaired) electrons. The van der Waals surface area contributed by atoms with Gasteiger partial charge < -0.3 is 0 Å². The molecule has 0 aromatic heterocycles. The molecular formula is C6H11NO2S. The molecule has 0 atom stereocenters. The van der Waals surface area contributed by atoms with E-state index in [-0.39, 0.29) is 0 Å². The molecular weight excluding hydrogens is 150 g/mol. The molecule has 1 heterocycles. The number of hydrogen-bond donors (Lipinski definition) is 0. The van der Waals surface area contributed by atoms with E-state index in [9.17, 15) is 8.42 Å². The van der Waals surface area contributed by atoms with Gasteiger partial charge in [-0.15, -0.1) is 0 Å². The van der Waals surface area contributed by atoms with Gasteiger partial charge in [0.05, 0.1) is 6.26 Å². The van der Waals surface area contributed by atoms with Gasteiger partial charge in [-0.2, -0.15) is 0 Å². The largest absolute Gasteiger partial charge is 0.213 e. The molecule has 1 fully saturated rings. The van der Waals surface area contributed by atoms with E-state index in [2.05, 4.69) is 6.42 Å². The lowest BCUT2D eigenvalue weighted by molar-refractivity contribution is 0.387. The molecule has 58 valence electrons. The first-order valence-electron chi connectivity index (χ1n) is 3.26. The van der Waals surface area contributed by atoms with Crippen LogP contribution in [0.15, 0.2) is 0 Å². The lowest BCUT2D eigenvalue weighted by atomic mass is 10.2. The smallest absolute Gasteiger partial charge is 0.211 e. The fraction of sp³-hybridized carbons (Fsp3) is 0.833. The zero-order valence-corrected chi connectivity index (χ0v) is 6.82. The van der Waals surface area contributed by atoms with Gasteiger partial charge in [0.2, 0.25) is 10.0 Å². The lowest BCUT2D eigenvalue weighted by Crippen LogP contribution is -2.34. The van der Waals surface area contributed by atoms with Crippen LogP contribution in [0.3, 0.4) is 0 Å². The SMILES string of the molecule is CS(=O)(=O)N1CC[C]CC1. The number of sulfonamides is 1. The molecule has 1 rings (SSSR count). The standard InChI is InChI=1S/C6H11NO2S/c1-10(8,9)7-5-3-2-4-6-7/h3-6H2,1H3. The van der Waals surface area contributed by atoms with E-state index in [0.29, 0.717) is 13.1 Å². The minimum absolute atomic E-state index is 0.610. The minimum atomic E-state index is -2.93. The van der Waals surface area contributed by atoms with Crippen LogP contribution in [0.2, 0.25) is 0 Å². The number of hydrogen-bond acceptors (Lipinski definition) is 2. The van der Waals surface area contributed by atoms with Crippen molar-refractivity contribution in [1.82, 2.24) is 4.31 Å². The Bertz CT molecular complexity index is 192. The summed E-state index contributed by atoms with van der Waals surface area (Å²) < 4.78 is 23.3. The van der Waals surface area contributed by atoms with E-state index in [1.807, 2.05) is 0 Å². The monoisotopic (exact) mass is 161 g/mol. The quantitative estimate of drug-likeness (QED) is 0.548. The van der Waals surface area contributed by atoms with Crippen molar-refractivity contribution in [2.24, 2.45) is 0 Å². The summed E-state index contributed by atoms with van der Waals surface area (Å²) >= 11 is 0. The van der Waals surface area contributed by atoms with Crippen LogP contribution >= 0.6 is 0 Å². The molecule has 0 N–H and O–H groups in total. The van der Waals surface area contributed by atoms with Gasteiger partial charge in [-0.3, -0.25) is 0 Å². The molecule has 3 nitrogen and oxygen atoms in total. The second-order valence-electron chi connectivity index (χ2n) is 2.41. The van der Waals surface area contributed by atoms with Crippen LogP contribution in [0.25, 0.3) is 0 Å². The summed E-state index contributed by atoms with van der Waals surface area (Å²) in [5, 5.41) is 0. The van der Waals surface area contributed by atoms with Gasteiger partial charge in [-0.25, -0.2) is 12.7 Å². The molecule has 0 bridgehead atoms. The highest BCUT2D eigenvalue weighted by atomic mass is 32.2. The zero-order chi connectivity index (χ0) is 7.61. The van der Waals surface area contributed by atoms with Crippen molar-refractivity contribution in [2.75, 3.05) is 19.3 Å². The van der Waals surface area contributed by atoms with Crippen molar-refractivity contribution in [1.29, 1.82) is 0 Å². The number of piperidine rings is 1. The maximum absolute atomic E-state index is 10.9. The third-order valence-corrected chi connectivity index (χ3v) is 2.85. The average molecular weight is 161 g/mol. The fourth-order valence-electron chi connectivity index (χ4n) is 0.976. The van der Waals surface area contributed by atoms with Crippen LogP contribution in [0.5, 0.6) is 0 Å². The van der Waals surface area contributed by atoms with Gasteiger partial charge in [0.15, 0.2) is 0 Å². The Balaban J connectivity index is 2.56. The van der Waals surface area contributed by atoms with Gasteiger partial charge in [0.1, 0.15) is 0 Å². The van der Waals surface area contributed by atoms with Crippen LogP contribution in [0.1, 0.15) is 12.8 Å². The first-order chi connectivity index (χ1) is 4.61. The van der Waals surface area contributed by atoms with Crippen molar-refractivity contribution >= 4 is 10.0 Å². The third-order valence-electron chi connectivity index (χ3n) is 1.54. The molecule has 10 heavy (non-hydrogen) atoms. The molecule has 0 spiro atoms. The van der Waals surface area contributed by atoms with Crippen LogP contribution < -0.4 is 0 Å². The first-order valence-corrected chi connectivity index (χ1v) is 5.11. The first kappa shape index (κ1) is 8.01. The molecule has 1 aliphatic rings. The average Bonchev–Trinajstić information content (AvgIpc) is 1.88. The van der Waals surface area contributed by atoms with E-state index < -0.39 is 10.0 Å². The van der Waals surface area contributed by atoms with Gasteiger partial charge >= 0.3 is 0 Å². The molecule has 0 saturated carbocycles. The highest BCUT2D eigenvalue weighted by Gasteiger charge is 2.18. The van der Waals surface area contributed by atoms with Crippen molar-refractivity contribution < 1.29 is 8.42 Å². The van der Waals surface area contributed by atoms with Crippen molar-refractivity contribution in [3.05, 3.63) is 6.42 Å². The predicted octanol–water partition coefficient (Wildman–Crippen LogP) is 0.123. The molecule has 0 aromatic rings. The van der Waals surface area contributed by atoms with Gasteiger partial charge in [0, 0.05) is 13.1 Å². The maximum Gasteiger partial charge on any atom is 0.211 e. The summed E-state index contributed by atoms with van der Waals surface area (Å²) in [6.07, 6.45) is 5.87. The molecule has 0 unspecified atom stereocenters. The summed E-state index contributed by atoms with van der Waals surface area (Å²) in [6, 6.07) is 0. The topological polar surface area (TPSA) is 37.4 Å². The van der Waals surface area contributed by atoms with Crippen molar-refractivity contribution in [3.8, 4) is 0 Å². The van der Waals surface area contributed by atoms with E-state index in [0.717, 1.165) is 12.8 Å². The molecule has 4 heteroatoms. The van der Waals surface area contributed by atoms with Crippen molar-refractivity contribution in [3.63, 3.8) is 0 Å². The highest BCUT2D eigenvalue weighted by Crippen LogP contribution is 2.10.